The Bertz CT molecular complexity index is 224. The third-order valence-corrected chi connectivity index (χ3v) is 2.10. The lowest BCUT2D eigenvalue weighted by Gasteiger charge is -2.01. The average Bonchev–Trinajstić information content (AvgIpc) is 2.35. The molecule has 0 aromatic carbocycles. The smallest absolute Gasteiger partial charge is 0.232 e. The molecule has 11 heavy (non-hydrogen) atoms. The van der Waals surface area contributed by atoms with Crippen LogP contribution in [0.25, 0.3) is 0 Å². The maximum absolute atomic E-state index is 4.97. The highest BCUT2D eigenvalue weighted by Crippen LogP contribution is 2.09. The summed E-state index contributed by atoms with van der Waals surface area (Å²) in [7, 11) is 0. The van der Waals surface area contributed by atoms with Crippen molar-refractivity contribution in [3.8, 4) is 0 Å². The Balaban J connectivity index is 2.50. The summed E-state index contributed by atoms with van der Waals surface area (Å²) >= 11 is 2.04. The van der Waals surface area contributed by atoms with Gasteiger partial charge in [-0.3, -0.25) is 0 Å². The predicted molar refractivity (Wildman–Crippen MR) is 50.2 cm³/mol. The summed E-state index contributed by atoms with van der Waals surface area (Å²) in [5.74, 6) is 1.38. The van der Waals surface area contributed by atoms with E-state index in [-0.39, 0.29) is 0 Å². The van der Waals surface area contributed by atoms with Crippen LogP contribution in [0.2, 0.25) is 0 Å². The van der Waals surface area contributed by atoms with E-state index in [4.69, 9.17) is 4.52 Å². The van der Waals surface area contributed by atoms with Crippen molar-refractivity contribution in [2.24, 2.45) is 5.92 Å². The average molecular weight is 266 g/mol. The third kappa shape index (κ3) is 2.76. The van der Waals surface area contributed by atoms with E-state index < -0.39 is 0 Å². The molecule has 0 bridgehead atoms. The fraction of sp³-hybridized carbons (Fsp3) is 0.714. The highest BCUT2D eigenvalue weighted by atomic mass is 127. The Morgan fingerprint density at radius 3 is 2.82 bits per heavy atom. The molecule has 3 nitrogen and oxygen atoms in total. The standard InChI is InChI=1S/C7H11IN2O/c1-3-5(2)4-6-9-7(8)10-11-6/h5H,3-4H2,1-2H3. The molecule has 1 aromatic heterocycles. The SMILES string of the molecule is CCC(C)Cc1nc(I)no1. The van der Waals surface area contributed by atoms with E-state index in [0.717, 1.165) is 18.7 Å². The van der Waals surface area contributed by atoms with Gasteiger partial charge in [-0.2, -0.15) is 4.98 Å². The lowest BCUT2D eigenvalue weighted by atomic mass is 10.1. The van der Waals surface area contributed by atoms with Gasteiger partial charge in [0, 0.05) is 29.0 Å². The Morgan fingerprint density at radius 1 is 1.64 bits per heavy atom. The lowest BCUT2D eigenvalue weighted by Crippen LogP contribution is -1.97. The number of hydrogen-bond donors (Lipinski definition) is 0. The van der Waals surface area contributed by atoms with Gasteiger partial charge in [0.1, 0.15) is 0 Å². The molecule has 0 fully saturated rings. The van der Waals surface area contributed by atoms with Gasteiger partial charge in [0.05, 0.1) is 0 Å². The maximum atomic E-state index is 4.97. The van der Waals surface area contributed by atoms with Crippen LogP contribution in [0.15, 0.2) is 4.52 Å². The summed E-state index contributed by atoms with van der Waals surface area (Å²) in [5.41, 5.74) is 0. The first-order chi connectivity index (χ1) is 5.22. The minimum absolute atomic E-state index is 0.631. The number of halogens is 1. The lowest BCUT2D eigenvalue weighted by molar-refractivity contribution is 0.353. The first-order valence-corrected chi connectivity index (χ1v) is 4.78. The topological polar surface area (TPSA) is 38.9 Å². The van der Waals surface area contributed by atoms with Gasteiger partial charge in [0.15, 0.2) is 0 Å². The van der Waals surface area contributed by atoms with Gasteiger partial charge in [-0.25, -0.2) is 0 Å². The third-order valence-electron chi connectivity index (χ3n) is 1.66. The second kappa shape index (κ2) is 4.04. The molecule has 0 N–H and O–H groups in total. The number of hydrogen-bond acceptors (Lipinski definition) is 3. The molecule has 0 radical (unpaired) electrons. The Kier molecular flexibility index (Phi) is 3.29. The van der Waals surface area contributed by atoms with Crippen LogP contribution >= 0.6 is 22.6 Å². The van der Waals surface area contributed by atoms with Crippen molar-refractivity contribution in [2.45, 2.75) is 26.7 Å². The largest absolute Gasteiger partial charge is 0.339 e. The van der Waals surface area contributed by atoms with Crippen molar-refractivity contribution < 1.29 is 4.52 Å². The molecule has 0 saturated carbocycles. The Hall–Kier alpha value is -0.130. The first-order valence-electron chi connectivity index (χ1n) is 3.70. The summed E-state index contributed by atoms with van der Waals surface area (Å²) in [6, 6.07) is 0. The van der Waals surface area contributed by atoms with Gasteiger partial charge in [-0.1, -0.05) is 25.4 Å². The highest BCUT2D eigenvalue weighted by molar-refractivity contribution is 14.1. The molecule has 4 heteroatoms. The molecule has 0 aliphatic carbocycles. The molecule has 1 aromatic rings. The number of nitrogens with zero attached hydrogens (tertiary/aromatic N) is 2. The second-order valence-electron chi connectivity index (χ2n) is 2.67. The van der Waals surface area contributed by atoms with Crippen molar-refractivity contribution in [2.75, 3.05) is 0 Å². The maximum Gasteiger partial charge on any atom is 0.232 e. The minimum Gasteiger partial charge on any atom is -0.339 e. The summed E-state index contributed by atoms with van der Waals surface area (Å²) in [6.07, 6.45) is 2.05. The monoisotopic (exact) mass is 266 g/mol. The minimum atomic E-state index is 0.631. The summed E-state index contributed by atoms with van der Waals surface area (Å²) in [5, 5.41) is 3.70. The first kappa shape index (κ1) is 8.96. The summed E-state index contributed by atoms with van der Waals surface area (Å²) in [6.45, 7) is 4.34. The van der Waals surface area contributed by atoms with Crippen molar-refractivity contribution in [3.05, 3.63) is 9.72 Å². The van der Waals surface area contributed by atoms with E-state index in [2.05, 4.69) is 24.0 Å². The molecular weight excluding hydrogens is 255 g/mol. The van der Waals surface area contributed by atoms with Gasteiger partial charge in [0.2, 0.25) is 9.72 Å². The Morgan fingerprint density at radius 2 is 2.36 bits per heavy atom. The number of rotatable bonds is 3. The van der Waals surface area contributed by atoms with Crippen molar-refractivity contribution >= 4 is 22.6 Å². The second-order valence-corrected chi connectivity index (χ2v) is 3.64. The normalized spacial score (nSPS) is 13.4. The fourth-order valence-corrected chi connectivity index (χ4v) is 1.13. The molecule has 62 valence electrons. The molecule has 1 atom stereocenters. The molecular formula is C7H11IN2O. The van der Waals surface area contributed by atoms with Crippen LogP contribution in [-0.2, 0) is 6.42 Å². The van der Waals surface area contributed by atoms with E-state index >= 15 is 0 Å². The van der Waals surface area contributed by atoms with Crippen LogP contribution in [-0.4, -0.2) is 10.1 Å². The Labute approximate surface area is 79.7 Å². The van der Waals surface area contributed by atoms with E-state index in [1.807, 2.05) is 22.6 Å². The van der Waals surface area contributed by atoms with Gasteiger partial charge in [-0.15, -0.1) is 0 Å². The quantitative estimate of drug-likeness (QED) is 0.788. The number of aromatic nitrogens is 2. The van der Waals surface area contributed by atoms with Gasteiger partial charge in [-0.05, 0) is 5.92 Å². The predicted octanol–water partition coefficient (Wildman–Crippen LogP) is 2.26. The summed E-state index contributed by atoms with van der Waals surface area (Å²) < 4.78 is 5.66. The molecule has 0 aliphatic rings. The van der Waals surface area contributed by atoms with Crippen LogP contribution in [0.5, 0.6) is 0 Å². The van der Waals surface area contributed by atoms with Gasteiger partial charge < -0.3 is 4.52 Å². The van der Waals surface area contributed by atoms with E-state index in [0.29, 0.717) is 9.75 Å². The zero-order valence-electron chi connectivity index (χ0n) is 6.67. The van der Waals surface area contributed by atoms with E-state index in [1.165, 1.54) is 0 Å². The van der Waals surface area contributed by atoms with Crippen LogP contribution in [0.4, 0.5) is 0 Å². The molecule has 0 amide bonds. The summed E-state index contributed by atoms with van der Waals surface area (Å²) in [4.78, 5) is 4.11. The van der Waals surface area contributed by atoms with Crippen LogP contribution < -0.4 is 0 Å². The molecule has 1 rings (SSSR count). The van der Waals surface area contributed by atoms with Crippen molar-refractivity contribution in [1.29, 1.82) is 0 Å². The highest BCUT2D eigenvalue weighted by Gasteiger charge is 2.07. The molecule has 0 aliphatic heterocycles. The molecule has 1 unspecified atom stereocenters. The molecule has 0 saturated heterocycles. The fourth-order valence-electron chi connectivity index (χ4n) is 0.759. The zero-order chi connectivity index (χ0) is 8.27. The molecule has 1 heterocycles. The van der Waals surface area contributed by atoms with Crippen molar-refractivity contribution in [1.82, 2.24) is 10.1 Å². The van der Waals surface area contributed by atoms with Crippen molar-refractivity contribution in [3.63, 3.8) is 0 Å². The van der Waals surface area contributed by atoms with Crippen LogP contribution in [0.1, 0.15) is 26.2 Å². The zero-order valence-corrected chi connectivity index (χ0v) is 8.83. The van der Waals surface area contributed by atoms with E-state index in [9.17, 15) is 0 Å². The van der Waals surface area contributed by atoms with Gasteiger partial charge >= 0.3 is 0 Å². The van der Waals surface area contributed by atoms with E-state index in [1.54, 1.807) is 0 Å². The molecule has 0 spiro atoms. The van der Waals surface area contributed by atoms with Crippen LogP contribution in [0.3, 0.4) is 0 Å². The van der Waals surface area contributed by atoms with Crippen LogP contribution in [0, 0.1) is 9.75 Å². The van der Waals surface area contributed by atoms with Gasteiger partial charge in [0.25, 0.3) is 0 Å².